The van der Waals surface area contributed by atoms with Crippen molar-refractivity contribution in [3.63, 3.8) is 0 Å². The molecule has 0 rings (SSSR count). The normalized spacial score (nSPS) is 13.1. The fourth-order valence-electron chi connectivity index (χ4n) is 1.66. The molecular weight excluding hydrogens is 228 g/mol. The second-order valence-electron chi connectivity index (χ2n) is 6.02. The van der Waals surface area contributed by atoms with E-state index in [4.69, 9.17) is 8.85 Å². The second-order valence-corrected chi connectivity index (χ2v) is 9.84. The Bertz CT molecular complexity index is 183. The van der Waals surface area contributed by atoms with Crippen LogP contribution in [0.2, 0.25) is 12.1 Å². The number of hydrogen-bond donors (Lipinski definition) is 0. The summed E-state index contributed by atoms with van der Waals surface area (Å²) in [5, 5.41) is 0. The zero-order valence-corrected chi connectivity index (χ0v) is 13.8. The van der Waals surface area contributed by atoms with Crippen LogP contribution in [0.4, 0.5) is 0 Å². The van der Waals surface area contributed by atoms with E-state index in [1.54, 1.807) is 0 Å². The Morgan fingerprint density at radius 3 is 1.88 bits per heavy atom. The minimum Gasteiger partial charge on any atom is -0.394 e. The molecular formula is C14H32O2Si. The molecule has 0 unspecified atom stereocenters. The van der Waals surface area contributed by atoms with Gasteiger partial charge in [0.2, 0.25) is 0 Å². The third-order valence-electron chi connectivity index (χ3n) is 2.96. The van der Waals surface area contributed by atoms with Crippen LogP contribution in [0, 0.1) is 5.41 Å². The number of rotatable bonds is 9. The van der Waals surface area contributed by atoms with Crippen LogP contribution in [0.15, 0.2) is 0 Å². The van der Waals surface area contributed by atoms with Gasteiger partial charge in [0, 0.05) is 13.2 Å². The van der Waals surface area contributed by atoms with Gasteiger partial charge < -0.3 is 8.85 Å². The summed E-state index contributed by atoms with van der Waals surface area (Å²) in [7, 11) is -1.90. The van der Waals surface area contributed by atoms with Gasteiger partial charge in [-0.2, -0.15) is 0 Å². The van der Waals surface area contributed by atoms with Crippen LogP contribution in [0.25, 0.3) is 0 Å². The highest BCUT2D eigenvalue weighted by Crippen LogP contribution is 2.23. The average Bonchev–Trinajstić information content (AvgIpc) is 2.28. The number of hydrogen-bond acceptors (Lipinski definition) is 2. The maximum absolute atomic E-state index is 6.19. The van der Waals surface area contributed by atoms with Gasteiger partial charge in [0.05, 0.1) is 0 Å². The lowest BCUT2D eigenvalue weighted by Gasteiger charge is -2.32. The first-order valence-electron chi connectivity index (χ1n) is 7.17. The lowest BCUT2D eigenvalue weighted by Crippen LogP contribution is -2.43. The molecule has 0 aromatic heterocycles. The molecule has 3 heteroatoms. The van der Waals surface area contributed by atoms with E-state index in [0.29, 0.717) is 0 Å². The molecule has 0 atom stereocenters. The lowest BCUT2D eigenvalue weighted by atomic mass is 9.99. The zero-order chi connectivity index (χ0) is 13.4. The van der Waals surface area contributed by atoms with Gasteiger partial charge in [-0.15, -0.1) is 0 Å². The highest BCUT2D eigenvalue weighted by Gasteiger charge is 2.34. The first-order valence-corrected chi connectivity index (χ1v) is 9.40. The van der Waals surface area contributed by atoms with E-state index in [1.807, 2.05) is 0 Å². The summed E-state index contributed by atoms with van der Waals surface area (Å²) in [4.78, 5) is 0. The molecule has 2 nitrogen and oxygen atoms in total. The maximum atomic E-state index is 6.19. The predicted molar refractivity (Wildman–Crippen MR) is 77.6 cm³/mol. The Hall–Kier alpha value is 0.137. The van der Waals surface area contributed by atoms with E-state index in [-0.39, 0.29) is 5.41 Å². The minimum absolute atomic E-state index is 0.232. The zero-order valence-electron chi connectivity index (χ0n) is 12.8. The van der Waals surface area contributed by atoms with Crippen molar-refractivity contribution >= 4 is 8.56 Å². The smallest absolute Gasteiger partial charge is 0.337 e. The molecule has 0 aliphatic carbocycles. The monoisotopic (exact) mass is 260 g/mol. The summed E-state index contributed by atoms with van der Waals surface area (Å²) in [6.45, 7) is 15.0. The van der Waals surface area contributed by atoms with Gasteiger partial charge in [-0.05, 0) is 23.9 Å². The fourth-order valence-corrected chi connectivity index (χ4v) is 4.27. The van der Waals surface area contributed by atoms with Crippen LogP contribution in [0.5, 0.6) is 0 Å². The standard InChI is InChI=1S/C14H32O2Si/c1-7-10-11-12-15-17(8-2,9-3)16-13-14(4,5)6/h7-13H2,1-6H3. The van der Waals surface area contributed by atoms with Crippen LogP contribution in [0.1, 0.15) is 60.8 Å². The summed E-state index contributed by atoms with van der Waals surface area (Å²) < 4.78 is 12.3. The highest BCUT2D eigenvalue weighted by molar-refractivity contribution is 6.67. The van der Waals surface area contributed by atoms with Crippen molar-refractivity contribution in [1.82, 2.24) is 0 Å². The molecule has 17 heavy (non-hydrogen) atoms. The van der Waals surface area contributed by atoms with Gasteiger partial charge in [-0.1, -0.05) is 54.4 Å². The maximum Gasteiger partial charge on any atom is 0.337 e. The molecule has 0 spiro atoms. The van der Waals surface area contributed by atoms with Gasteiger partial charge >= 0.3 is 8.56 Å². The van der Waals surface area contributed by atoms with Crippen molar-refractivity contribution in [2.24, 2.45) is 5.41 Å². The van der Waals surface area contributed by atoms with E-state index in [2.05, 4.69) is 41.5 Å². The van der Waals surface area contributed by atoms with Gasteiger partial charge in [0.25, 0.3) is 0 Å². The van der Waals surface area contributed by atoms with Gasteiger partial charge in [-0.25, -0.2) is 0 Å². The second kappa shape index (κ2) is 8.28. The average molecular weight is 260 g/mol. The van der Waals surface area contributed by atoms with E-state index in [1.165, 1.54) is 19.3 Å². The molecule has 0 saturated carbocycles. The molecule has 0 radical (unpaired) electrons. The quantitative estimate of drug-likeness (QED) is 0.440. The third-order valence-corrected chi connectivity index (χ3v) is 6.51. The summed E-state index contributed by atoms with van der Waals surface area (Å²) >= 11 is 0. The highest BCUT2D eigenvalue weighted by atomic mass is 28.4. The first kappa shape index (κ1) is 17.1. The van der Waals surface area contributed by atoms with E-state index < -0.39 is 8.56 Å². The molecule has 0 saturated heterocycles. The van der Waals surface area contributed by atoms with E-state index in [0.717, 1.165) is 25.3 Å². The fraction of sp³-hybridized carbons (Fsp3) is 1.00. The van der Waals surface area contributed by atoms with Crippen LogP contribution < -0.4 is 0 Å². The molecule has 0 amide bonds. The summed E-state index contributed by atoms with van der Waals surface area (Å²) in [5.74, 6) is 0. The van der Waals surface area contributed by atoms with Crippen LogP contribution in [-0.2, 0) is 8.85 Å². The molecule has 104 valence electrons. The Balaban J connectivity index is 4.15. The first-order chi connectivity index (χ1) is 7.89. The summed E-state index contributed by atoms with van der Waals surface area (Å²) in [6.07, 6.45) is 3.68. The SMILES string of the molecule is CCCCCO[Si](CC)(CC)OCC(C)(C)C. The van der Waals surface area contributed by atoms with E-state index >= 15 is 0 Å². The molecule has 0 N–H and O–H groups in total. The van der Waals surface area contributed by atoms with Gasteiger partial charge in [0.1, 0.15) is 0 Å². The molecule has 0 bridgehead atoms. The Kier molecular flexibility index (Phi) is 8.34. The summed E-state index contributed by atoms with van der Waals surface area (Å²) in [5.41, 5.74) is 0.232. The van der Waals surface area contributed by atoms with Crippen molar-refractivity contribution in [3.05, 3.63) is 0 Å². The van der Waals surface area contributed by atoms with E-state index in [9.17, 15) is 0 Å². The molecule has 0 aliphatic heterocycles. The van der Waals surface area contributed by atoms with Gasteiger partial charge in [0.15, 0.2) is 0 Å². The topological polar surface area (TPSA) is 18.5 Å². The van der Waals surface area contributed by atoms with Crippen molar-refractivity contribution in [2.75, 3.05) is 13.2 Å². The minimum atomic E-state index is -1.90. The van der Waals surface area contributed by atoms with Crippen LogP contribution in [0.3, 0.4) is 0 Å². The largest absolute Gasteiger partial charge is 0.394 e. The molecule has 0 aromatic carbocycles. The third kappa shape index (κ3) is 7.95. The Morgan fingerprint density at radius 2 is 1.47 bits per heavy atom. The Labute approximate surface area is 109 Å². The number of unbranched alkanes of at least 4 members (excludes halogenated alkanes) is 2. The Morgan fingerprint density at radius 1 is 0.882 bits per heavy atom. The summed E-state index contributed by atoms with van der Waals surface area (Å²) in [6, 6.07) is 2.12. The van der Waals surface area contributed by atoms with Gasteiger partial charge in [-0.3, -0.25) is 0 Å². The van der Waals surface area contributed by atoms with Crippen molar-refractivity contribution in [2.45, 2.75) is 72.9 Å². The van der Waals surface area contributed by atoms with Crippen molar-refractivity contribution in [1.29, 1.82) is 0 Å². The van der Waals surface area contributed by atoms with Crippen molar-refractivity contribution in [3.8, 4) is 0 Å². The van der Waals surface area contributed by atoms with Crippen molar-refractivity contribution < 1.29 is 8.85 Å². The lowest BCUT2D eigenvalue weighted by molar-refractivity contribution is 0.119. The molecule has 0 aliphatic rings. The van der Waals surface area contributed by atoms with Crippen LogP contribution >= 0.6 is 0 Å². The molecule has 0 fully saturated rings. The molecule has 0 heterocycles. The molecule has 0 aromatic rings. The van der Waals surface area contributed by atoms with Crippen LogP contribution in [-0.4, -0.2) is 21.8 Å². The predicted octanol–water partition coefficient (Wildman–Crippen LogP) is 4.74.